The van der Waals surface area contributed by atoms with Gasteiger partial charge in [-0.15, -0.1) is 0 Å². The Labute approximate surface area is 86.3 Å². The Morgan fingerprint density at radius 3 is 0.889 bits per heavy atom. The molecule has 13 rings (SSSR count). The quantitative estimate of drug-likeness (QED) is 0.405. The van der Waals surface area contributed by atoms with Crippen LogP contribution in [0.25, 0.3) is 0 Å². The van der Waals surface area contributed by atoms with Gasteiger partial charge in [-0.3, -0.25) is 20.3 Å². The van der Waals surface area contributed by atoms with Gasteiger partial charge < -0.3 is 2.85 Å². The van der Waals surface area contributed by atoms with Crippen LogP contribution < -0.4 is 0 Å². The van der Waals surface area contributed by atoms with E-state index >= 15 is 0 Å². The van der Waals surface area contributed by atoms with E-state index in [4.69, 9.17) is 0 Å². The zero-order valence-electron chi connectivity index (χ0n) is 6.40. The average Bonchev–Trinajstić information content (AvgIpc) is 0.391. The molecule has 13 aliphatic rings. The van der Waals surface area contributed by atoms with E-state index in [1.165, 1.54) is 0 Å². The SMILES string of the molecule is F.N12[Si]34N5[Si]16N3[Si]25N46.[Ca+2].[H-].[H-]. The van der Waals surface area contributed by atoms with Crippen molar-refractivity contribution < 1.29 is 7.56 Å². The average molecular weight is 202 g/mol. The molecule has 7 bridgehead atoms. The number of hydrogen-bond acceptors (Lipinski definition) is 4. The van der Waals surface area contributed by atoms with Gasteiger partial charge in [-0.2, -0.15) is 0 Å². The normalized spacial score (nSPS) is 112. The van der Waals surface area contributed by atoms with E-state index in [2.05, 4.69) is 15.6 Å². The summed E-state index contributed by atoms with van der Waals surface area (Å²) >= 11 is 0. The second-order valence-corrected chi connectivity index (χ2v) is 17.5. The molecule has 0 unspecified atom stereocenters. The van der Waals surface area contributed by atoms with E-state index in [0.717, 1.165) is 0 Å². The van der Waals surface area contributed by atoms with Gasteiger partial charge in [0.1, 0.15) is 0 Å². The Bertz CT molecular complexity index is 200. The van der Waals surface area contributed by atoms with E-state index in [0.29, 0.717) is 0 Å². The molecule has 0 aromatic heterocycles. The summed E-state index contributed by atoms with van der Waals surface area (Å²) in [6, 6.07) is 0. The fourth-order valence-corrected chi connectivity index (χ4v) is 46.9. The van der Waals surface area contributed by atoms with Gasteiger partial charge in [-0.1, -0.05) is 0 Å². The zero-order chi connectivity index (χ0) is 3.81. The van der Waals surface area contributed by atoms with E-state index in [-0.39, 0.29) is 45.3 Å². The summed E-state index contributed by atoms with van der Waals surface area (Å²) in [4.78, 5) is 0. The van der Waals surface area contributed by atoms with Crippen molar-refractivity contribution in [3.63, 3.8) is 0 Å². The molecule has 9 heteroatoms. The van der Waals surface area contributed by atoms with Crippen LogP contribution in [0.15, 0.2) is 0 Å². The van der Waals surface area contributed by atoms with Gasteiger partial charge in [0.25, 0.3) is 0 Å². The van der Waals surface area contributed by atoms with E-state index in [1.54, 1.807) is 0 Å². The van der Waals surface area contributed by atoms with Crippen LogP contribution in [0.5, 0.6) is 0 Å². The van der Waals surface area contributed by atoms with E-state index in [9.17, 15) is 0 Å². The first-order chi connectivity index (χ1) is 3.46. The van der Waals surface area contributed by atoms with Crippen molar-refractivity contribution in [3.05, 3.63) is 0 Å². The minimum atomic E-state index is -0.611. The van der Waals surface area contributed by atoms with Crippen molar-refractivity contribution in [3.8, 4) is 0 Å². The Kier molecular flexibility index (Phi) is 0.432. The monoisotopic (exact) mass is 202 g/mol. The summed E-state index contributed by atoms with van der Waals surface area (Å²) < 4.78 is 11.9. The maximum Gasteiger partial charge on any atom is 2.00 e. The summed E-state index contributed by atoms with van der Waals surface area (Å²) in [6.07, 6.45) is 0. The van der Waals surface area contributed by atoms with Gasteiger partial charge >= 0.3 is 63.9 Å². The molecule has 4 nitrogen and oxygen atoms in total. The Morgan fingerprint density at radius 2 is 0.889 bits per heavy atom. The third-order valence-electron chi connectivity index (χ3n) is 3.60. The summed E-state index contributed by atoms with van der Waals surface area (Å²) in [5.74, 6) is 0. The van der Waals surface area contributed by atoms with Gasteiger partial charge in [-0.05, 0) is 0 Å². The van der Waals surface area contributed by atoms with Crippen molar-refractivity contribution >= 4 is 63.9 Å². The second kappa shape index (κ2) is 0.727. The van der Waals surface area contributed by atoms with Crippen LogP contribution in [0, 0.1) is 0 Å². The second-order valence-electron chi connectivity index (χ2n) is 3.14. The molecule has 0 N–H and O–H groups in total. The number of rotatable bonds is 0. The fraction of sp³-hybridized carbons (Fsp3) is 0. The van der Waals surface area contributed by atoms with Crippen molar-refractivity contribution in [1.82, 2.24) is 15.6 Å². The molecule has 13 aliphatic heterocycles. The van der Waals surface area contributed by atoms with Gasteiger partial charge in [0.2, 0.25) is 0 Å². The largest absolute Gasteiger partial charge is 2.00 e. The minimum Gasteiger partial charge on any atom is -1.00 e. The summed E-state index contributed by atoms with van der Waals surface area (Å²) in [6.45, 7) is 0. The topological polar surface area (TPSA) is 13.0 Å². The predicted molar refractivity (Wildman–Crippen MR) is 35.1 cm³/mol. The van der Waals surface area contributed by atoms with Gasteiger partial charge in [0, 0.05) is 0 Å². The van der Waals surface area contributed by atoms with Crippen LogP contribution >= 0.6 is 0 Å². The molecule has 0 radical (unpaired) electrons. The first kappa shape index (κ1) is 5.35. The Morgan fingerprint density at radius 1 is 0.778 bits per heavy atom. The number of nitrogens with zero attached hydrogens (tertiary/aromatic N) is 4. The molecule has 3 spiro atoms. The summed E-state index contributed by atoms with van der Waals surface area (Å²) in [7, 11) is -1.83. The first-order valence-electron chi connectivity index (χ1n) is 2.68. The van der Waals surface area contributed by atoms with Crippen molar-refractivity contribution in [2.24, 2.45) is 0 Å². The molecule has 13 fully saturated rings. The molecule has 13 saturated heterocycles. The first-order valence-corrected chi connectivity index (χ1v) is 8.05. The van der Waals surface area contributed by atoms with Crippen LogP contribution in [0.4, 0.5) is 4.70 Å². The molecule has 0 aliphatic carbocycles. The molecule has 44 valence electrons. The summed E-state index contributed by atoms with van der Waals surface area (Å²) in [5, 5.41) is 0. The molecular weight excluding hydrogens is 199 g/mol. The van der Waals surface area contributed by atoms with Gasteiger partial charge in [0.05, 0.1) is 0 Å². The number of hydrogen-bond donors (Lipinski definition) is 0. The van der Waals surface area contributed by atoms with Gasteiger partial charge in [-0.25, -0.2) is 0 Å². The fourth-order valence-electron chi connectivity index (χ4n) is 3.41. The van der Waals surface area contributed by atoms with Crippen LogP contribution in [0.1, 0.15) is 2.85 Å². The molecule has 9 heavy (non-hydrogen) atoms. The predicted octanol–water partition coefficient (Wildman–Crippen LogP) is -2.42. The van der Waals surface area contributed by atoms with Crippen molar-refractivity contribution in [2.45, 2.75) is 0 Å². The molecule has 0 amide bonds. The van der Waals surface area contributed by atoms with E-state index < -0.39 is 26.2 Å². The molecule has 0 atom stereocenters. The third-order valence-corrected chi connectivity index (χ3v) is 32.4. The Hall–Kier alpha value is 1.68. The van der Waals surface area contributed by atoms with Crippen LogP contribution in [0.2, 0.25) is 0 Å². The van der Waals surface area contributed by atoms with Crippen LogP contribution in [-0.4, -0.2) is 79.5 Å². The molecule has 13 heterocycles. The number of halogens is 1. The van der Waals surface area contributed by atoms with Crippen LogP contribution in [-0.2, 0) is 0 Å². The van der Waals surface area contributed by atoms with Gasteiger partial charge in [0.15, 0.2) is 0 Å². The maximum atomic E-state index is 2.98. The smallest absolute Gasteiger partial charge is 1.00 e. The zero-order valence-corrected chi connectivity index (χ0v) is 9.61. The molecule has 0 aromatic carbocycles. The summed E-state index contributed by atoms with van der Waals surface area (Å²) in [5.41, 5.74) is 0. The van der Waals surface area contributed by atoms with E-state index in [1.807, 2.05) is 0 Å². The maximum absolute atomic E-state index is 2.98. The molecule has 0 saturated carbocycles. The minimum absolute atomic E-state index is 0. The molecular formula is H3CaFN4Si3. The van der Waals surface area contributed by atoms with Crippen molar-refractivity contribution in [2.75, 3.05) is 0 Å². The van der Waals surface area contributed by atoms with Crippen molar-refractivity contribution in [1.29, 1.82) is 0 Å². The molecule has 0 aromatic rings. The standard InChI is InChI=1S/Ca.FH.N4Si3.2H/c;;1-5-2-6(1)3(5)7(1,2)4(5)6;;/h;1H;;;/q+2;;;2*-1. The third kappa shape index (κ3) is 0.105. The van der Waals surface area contributed by atoms with Crippen LogP contribution in [0.3, 0.4) is 0 Å². The Balaban J connectivity index is 0.000000120.